The Labute approximate surface area is 111 Å². The van der Waals surface area contributed by atoms with Crippen molar-refractivity contribution in [1.29, 1.82) is 0 Å². The monoisotopic (exact) mass is 267 g/mol. The smallest absolute Gasteiger partial charge is 0.141 e. The van der Waals surface area contributed by atoms with E-state index in [1.54, 1.807) is 0 Å². The van der Waals surface area contributed by atoms with E-state index in [9.17, 15) is 0 Å². The number of hydrogen-bond acceptors (Lipinski definition) is 5. The largest absolute Gasteiger partial charge is 0.310 e. The third kappa shape index (κ3) is 3.36. The van der Waals surface area contributed by atoms with Crippen LogP contribution in [-0.4, -0.2) is 33.3 Å². The highest BCUT2D eigenvalue weighted by molar-refractivity contribution is 8.06. The van der Waals surface area contributed by atoms with Crippen LogP contribution in [0.15, 0.2) is 12.4 Å². The van der Waals surface area contributed by atoms with Crippen molar-refractivity contribution in [2.75, 3.05) is 17.3 Å². The molecule has 1 aromatic rings. The van der Waals surface area contributed by atoms with Crippen LogP contribution in [0.5, 0.6) is 0 Å². The van der Waals surface area contributed by atoms with Gasteiger partial charge in [0, 0.05) is 47.8 Å². The van der Waals surface area contributed by atoms with Gasteiger partial charge in [-0.05, 0) is 12.8 Å². The molecule has 92 valence electrons. The molecular weight excluding hydrogens is 250 g/mol. The summed E-state index contributed by atoms with van der Waals surface area (Å²) >= 11 is 4.00. The molecule has 17 heavy (non-hydrogen) atoms. The lowest BCUT2D eigenvalue weighted by Crippen LogP contribution is -2.16. The molecule has 3 rings (SSSR count). The van der Waals surface area contributed by atoms with Crippen LogP contribution in [0.25, 0.3) is 0 Å². The number of nitrogens with zero attached hydrogens (tertiary/aromatic N) is 2. The highest BCUT2D eigenvalue weighted by atomic mass is 32.2. The molecule has 1 aliphatic carbocycles. The zero-order valence-corrected chi connectivity index (χ0v) is 11.4. The summed E-state index contributed by atoms with van der Waals surface area (Å²) in [6.07, 6.45) is 6.62. The van der Waals surface area contributed by atoms with E-state index in [1.165, 1.54) is 29.9 Å². The summed E-state index contributed by atoms with van der Waals surface area (Å²) in [4.78, 5) is 9.03. The average molecular weight is 267 g/mol. The molecule has 3 nitrogen and oxygen atoms in total. The molecular formula is C12H17N3S2. The minimum atomic E-state index is 0.499. The summed E-state index contributed by atoms with van der Waals surface area (Å²) in [5, 5.41) is 3.98. The second-order valence-electron chi connectivity index (χ2n) is 4.54. The van der Waals surface area contributed by atoms with E-state index >= 15 is 0 Å². The van der Waals surface area contributed by atoms with Crippen molar-refractivity contribution in [1.82, 2.24) is 15.3 Å². The van der Waals surface area contributed by atoms with E-state index in [2.05, 4.69) is 15.3 Å². The maximum atomic E-state index is 4.52. The molecule has 2 aliphatic rings. The molecule has 1 saturated carbocycles. The maximum absolute atomic E-state index is 4.52. The summed E-state index contributed by atoms with van der Waals surface area (Å²) in [5.74, 6) is 4.66. The van der Waals surface area contributed by atoms with Crippen LogP contribution in [0, 0.1) is 0 Å². The Hall–Kier alpha value is -0.260. The summed E-state index contributed by atoms with van der Waals surface area (Å²) in [6, 6.07) is 0.750. The van der Waals surface area contributed by atoms with Gasteiger partial charge in [-0.25, -0.2) is 9.97 Å². The lowest BCUT2D eigenvalue weighted by atomic mass is 10.3. The van der Waals surface area contributed by atoms with E-state index in [0.29, 0.717) is 5.25 Å². The first-order valence-corrected chi connectivity index (χ1v) is 8.36. The average Bonchev–Trinajstić information content (AvgIpc) is 3.22. The Morgan fingerprint density at radius 1 is 1.24 bits per heavy atom. The Morgan fingerprint density at radius 2 is 2.06 bits per heavy atom. The Kier molecular flexibility index (Phi) is 3.88. The minimum absolute atomic E-state index is 0.499. The number of nitrogens with one attached hydrogen (secondary N) is 1. The molecule has 1 atom stereocenters. The second kappa shape index (κ2) is 5.59. The quantitative estimate of drug-likeness (QED) is 0.905. The topological polar surface area (TPSA) is 37.8 Å². The molecule has 1 saturated heterocycles. The van der Waals surface area contributed by atoms with Crippen LogP contribution in [0.2, 0.25) is 0 Å². The van der Waals surface area contributed by atoms with E-state index in [1.807, 2.05) is 35.9 Å². The number of aromatic nitrogens is 2. The molecule has 0 bridgehead atoms. The summed E-state index contributed by atoms with van der Waals surface area (Å²) in [6.45, 7) is 0.914. The van der Waals surface area contributed by atoms with Gasteiger partial charge in [0.25, 0.3) is 0 Å². The van der Waals surface area contributed by atoms with Crippen LogP contribution in [0.3, 0.4) is 0 Å². The molecule has 1 N–H and O–H groups in total. The van der Waals surface area contributed by atoms with Crippen LogP contribution < -0.4 is 5.32 Å². The van der Waals surface area contributed by atoms with Crippen molar-refractivity contribution < 1.29 is 0 Å². The van der Waals surface area contributed by atoms with Gasteiger partial charge in [-0.1, -0.05) is 0 Å². The van der Waals surface area contributed by atoms with Crippen molar-refractivity contribution in [3.8, 4) is 0 Å². The molecule has 0 aromatic carbocycles. The Morgan fingerprint density at radius 3 is 2.71 bits per heavy atom. The van der Waals surface area contributed by atoms with Crippen LogP contribution in [0.4, 0.5) is 0 Å². The van der Waals surface area contributed by atoms with Crippen LogP contribution >= 0.6 is 23.5 Å². The zero-order chi connectivity index (χ0) is 11.5. The zero-order valence-electron chi connectivity index (χ0n) is 9.76. The van der Waals surface area contributed by atoms with Gasteiger partial charge in [0.2, 0.25) is 0 Å². The van der Waals surface area contributed by atoms with Gasteiger partial charge in [0.15, 0.2) is 0 Å². The lowest BCUT2D eigenvalue weighted by Gasteiger charge is -2.19. The summed E-state index contributed by atoms with van der Waals surface area (Å²) < 4.78 is 0. The normalized spacial score (nSPS) is 24.8. The second-order valence-corrected chi connectivity index (χ2v) is 7.00. The van der Waals surface area contributed by atoms with Gasteiger partial charge in [0.1, 0.15) is 5.82 Å². The Bertz CT molecular complexity index is 359. The number of hydrogen-bond donors (Lipinski definition) is 1. The third-order valence-electron chi connectivity index (χ3n) is 3.00. The van der Waals surface area contributed by atoms with Crippen molar-refractivity contribution in [2.45, 2.75) is 30.7 Å². The van der Waals surface area contributed by atoms with Gasteiger partial charge in [-0.15, -0.1) is 11.8 Å². The predicted octanol–water partition coefficient (Wildman–Crippen LogP) is 2.25. The molecule has 0 amide bonds. The first-order valence-electron chi connectivity index (χ1n) is 6.15. The van der Waals surface area contributed by atoms with Gasteiger partial charge in [-0.3, -0.25) is 0 Å². The van der Waals surface area contributed by atoms with Crippen molar-refractivity contribution >= 4 is 23.5 Å². The van der Waals surface area contributed by atoms with E-state index < -0.39 is 0 Å². The summed E-state index contributed by atoms with van der Waals surface area (Å²) in [7, 11) is 0. The molecule has 2 heterocycles. The number of rotatable bonds is 4. The fraction of sp³-hybridized carbons (Fsp3) is 0.667. The van der Waals surface area contributed by atoms with E-state index in [4.69, 9.17) is 0 Å². The van der Waals surface area contributed by atoms with Gasteiger partial charge in [0.05, 0.1) is 5.25 Å². The van der Waals surface area contributed by atoms with Crippen LogP contribution in [-0.2, 0) is 6.54 Å². The molecule has 1 unspecified atom stereocenters. The van der Waals surface area contributed by atoms with Crippen molar-refractivity contribution in [3.05, 3.63) is 23.8 Å². The highest BCUT2D eigenvalue weighted by Crippen LogP contribution is 2.34. The Balaban J connectivity index is 1.58. The fourth-order valence-corrected chi connectivity index (χ4v) is 4.42. The van der Waals surface area contributed by atoms with Crippen molar-refractivity contribution in [3.63, 3.8) is 0 Å². The summed E-state index contributed by atoms with van der Waals surface area (Å²) in [5.41, 5.74) is 1.20. The molecule has 5 heteroatoms. The van der Waals surface area contributed by atoms with E-state index in [0.717, 1.165) is 24.2 Å². The number of thioether (sulfide) groups is 2. The first kappa shape index (κ1) is 11.8. The van der Waals surface area contributed by atoms with E-state index in [-0.39, 0.29) is 0 Å². The molecule has 0 spiro atoms. The van der Waals surface area contributed by atoms with Crippen LogP contribution in [0.1, 0.15) is 29.5 Å². The maximum Gasteiger partial charge on any atom is 0.141 e. The van der Waals surface area contributed by atoms with Gasteiger partial charge < -0.3 is 5.32 Å². The molecule has 1 aliphatic heterocycles. The minimum Gasteiger partial charge on any atom is -0.310 e. The molecule has 2 fully saturated rings. The SMILES string of the molecule is c1nc(C2CSCCS2)ncc1CNC1CC1. The van der Waals surface area contributed by atoms with Gasteiger partial charge in [-0.2, -0.15) is 11.8 Å². The third-order valence-corrected chi connectivity index (χ3v) is 5.75. The first-order chi connectivity index (χ1) is 8.42. The molecule has 0 radical (unpaired) electrons. The standard InChI is InChI=1S/C12H17N3S2/c1-2-10(1)13-5-9-6-14-12(15-7-9)11-8-16-3-4-17-11/h6-7,10-11,13H,1-5,8H2. The molecule has 1 aromatic heterocycles. The highest BCUT2D eigenvalue weighted by Gasteiger charge is 2.21. The van der Waals surface area contributed by atoms with Gasteiger partial charge >= 0.3 is 0 Å². The van der Waals surface area contributed by atoms with Crippen molar-refractivity contribution in [2.24, 2.45) is 0 Å². The lowest BCUT2D eigenvalue weighted by molar-refractivity contribution is 0.681. The fourth-order valence-electron chi connectivity index (χ4n) is 1.81. The predicted molar refractivity (Wildman–Crippen MR) is 74.4 cm³/mol.